The van der Waals surface area contributed by atoms with Gasteiger partial charge in [0.2, 0.25) is 0 Å². The van der Waals surface area contributed by atoms with E-state index in [0.717, 1.165) is 18.4 Å². The van der Waals surface area contributed by atoms with Gasteiger partial charge in [0, 0.05) is 12.0 Å². The van der Waals surface area contributed by atoms with Crippen molar-refractivity contribution >= 4 is 11.3 Å². The minimum absolute atomic E-state index is 0.0939. The second-order valence-electron chi connectivity index (χ2n) is 5.14. The Morgan fingerprint density at radius 1 is 1.21 bits per heavy atom. The molecule has 3 heteroatoms. The van der Waals surface area contributed by atoms with E-state index in [-0.39, 0.29) is 12.0 Å². The SMILES string of the molecule is Cc1ccc(C(CN)(CO)CCc2ccsc2)cc1. The lowest BCUT2D eigenvalue weighted by molar-refractivity contribution is 0.188. The molecule has 1 aromatic carbocycles. The summed E-state index contributed by atoms with van der Waals surface area (Å²) in [5.41, 5.74) is 9.33. The summed E-state index contributed by atoms with van der Waals surface area (Å²) in [5, 5.41) is 14.1. The zero-order chi connectivity index (χ0) is 13.7. The molecule has 0 aliphatic carbocycles. The number of hydrogen-bond donors (Lipinski definition) is 2. The number of nitrogens with two attached hydrogens (primary N) is 1. The molecule has 102 valence electrons. The summed E-state index contributed by atoms with van der Waals surface area (Å²) in [4.78, 5) is 0. The Labute approximate surface area is 118 Å². The fraction of sp³-hybridized carbons (Fsp3) is 0.375. The maximum atomic E-state index is 9.85. The first-order chi connectivity index (χ1) is 9.20. The standard InChI is InChI=1S/C16H21NOS/c1-13-2-4-15(5-3-13)16(11-17,12-18)8-6-14-7-9-19-10-14/h2-5,7,9-10,18H,6,8,11-12,17H2,1H3. The van der Waals surface area contributed by atoms with Crippen LogP contribution in [0.15, 0.2) is 41.1 Å². The van der Waals surface area contributed by atoms with E-state index in [1.54, 1.807) is 11.3 Å². The van der Waals surface area contributed by atoms with E-state index in [0.29, 0.717) is 6.54 Å². The predicted molar refractivity (Wildman–Crippen MR) is 81.6 cm³/mol. The highest BCUT2D eigenvalue weighted by atomic mass is 32.1. The van der Waals surface area contributed by atoms with Crippen molar-refractivity contribution in [1.82, 2.24) is 0 Å². The predicted octanol–water partition coefficient (Wildman–Crippen LogP) is 2.88. The average molecular weight is 275 g/mol. The molecule has 0 aliphatic rings. The second kappa shape index (κ2) is 6.33. The summed E-state index contributed by atoms with van der Waals surface area (Å²) >= 11 is 1.71. The van der Waals surface area contributed by atoms with Crippen molar-refractivity contribution in [2.45, 2.75) is 25.2 Å². The number of rotatable bonds is 6. The molecule has 2 rings (SSSR count). The van der Waals surface area contributed by atoms with Crippen LogP contribution < -0.4 is 5.73 Å². The lowest BCUT2D eigenvalue weighted by Gasteiger charge is -2.31. The third-order valence-corrected chi connectivity index (χ3v) is 4.56. The van der Waals surface area contributed by atoms with Crippen LogP contribution in [-0.2, 0) is 11.8 Å². The molecule has 0 spiro atoms. The van der Waals surface area contributed by atoms with Crippen molar-refractivity contribution in [3.8, 4) is 0 Å². The largest absolute Gasteiger partial charge is 0.395 e. The van der Waals surface area contributed by atoms with Gasteiger partial charge in [-0.05, 0) is 47.7 Å². The molecule has 1 unspecified atom stereocenters. The molecule has 2 nitrogen and oxygen atoms in total. The Morgan fingerprint density at radius 3 is 2.47 bits per heavy atom. The molecule has 3 N–H and O–H groups in total. The maximum Gasteiger partial charge on any atom is 0.0540 e. The monoisotopic (exact) mass is 275 g/mol. The van der Waals surface area contributed by atoms with E-state index in [4.69, 9.17) is 5.73 Å². The quantitative estimate of drug-likeness (QED) is 0.851. The molecule has 1 heterocycles. The van der Waals surface area contributed by atoms with Crippen LogP contribution in [0.4, 0.5) is 0 Å². The van der Waals surface area contributed by atoms with Crippen LogP contribution >= 0.6 is 11.3 Å². The fourth-order valence-electron chi connectivity index (χ4n) is 2.32. The number of aryl methyl sites for hydroxylation is 2. The highest BCUT2D eigenvalue weighted by Gasteiger charge is 2.29. The van der Waals surface area contributed by atoms with Gasteiger partial charge in [-0.1, -0.05) is 29.8 Å². The van der Waals surface area contributed by atoms with Gasteiger partial charge in [0.25, 0.3) is 0 Å². The Hall–Kier alpha value is -1.16. The molecule has 0 bridgehead atoms. The summed E-state index contributed by atoms with van der Waals surface area (Å²) in [7, 11) is 0. The van der Waals surface area contributed by atoms with E-state index in [9.17, 15) is 5.11 Å². The van der Waals surface area contributed by atoms with Crippen molar-refractivity contribution in [3.05, 3.63) is 57.8 Å². The van der Waals surface area contributed by atoms with Gasteiger partial charge in [-0.15, -0.1) is 0 Å². The normalized spacial score (nSPS) is 14.3. The Bertz CT molecular complexity index is 486. The number of benzene rings is 1. The third kappa shape index (κ3) is 3.24. The zero-order valence-electron chi connectivity index (χ0n) is 11.3. The lowest BCUT2D eigenvalue weighted by atomic mass is 9.76. The number of aliphatic hydroxyl groups excluding tert-OH is 1. The van der Waals surface area contributed by atoms with Gasteiger partial charge in [0.15, 0.2) is 0 Å². The van der Waals surface area contributed by atoms with Crippen LogP contribution in [0.5, 0.6) is 0 Å². The van der Waals surface area contributed by atoms with Gasteiger partial charge >= 0.3 is 0 Å². The minimum atomic E-state index is -0.324. The molecular weight excluding hydrogens is 254 g/mol. The Kier molecular flexibility index (Phi) is 4.75. The molecule has 0 saturated carbocycles. The van der Waals surface area contributed by atoms with E-state index in [1.807, 2.05) is 0 Å². The number of thiophene rings is 1. The smallest absolute Gasteiger partial charge is 0.0540 e. The van der Waals surface area contributed by atoms with Gasteiger partial charge in [0.05, 0.1) is 6.61 Å². The van der Waals surface area contributed by atoms with Crippen LogP contribution in [-0.4, -0.2) is 18.3 Å². The van der Waals surface area contributed by atoms with Crippen LogP contribution in [0.1, 0.15) is 23.1 Å². The molecule has 0 fully saturated rings. The number of hydrogen-bond acceptors (Lipinski definition) is 3. The summed E-state index contributed by atoms with van der Waals surface area (Å²) in [5.74, 6) is 0. The molecular formula is C16H21NOS. The second-order valence-corrected chi connectivity index (χ2v) is 5.92. The molecule has 0 saturated heterocycles. The van der Waals surface area contributed by atoms with Gasteiger partial charge in [-0.25, -0.2) is 0 Å². The van der Waals surface area contributed by atoms with Crippen LogP contribution in [0, 0.1) is 6.92 Å². The number of aliphatic hydroxyl groups is 1. The van der Waals surface area contributed by atoms with Crippen molar-refractivity contribution in [2.75, 3.05) is 13.2 Å². The Morgan fingerprint density at radius 2 is 1.95 bits per heavy atom. The fourth-order valence-corrected chi connectivity index (χ4v) is 3.03. The molecule has 1 aromatic heterocycles. The Balaban J connectivity index is 2.19. The van der Waals surface area contributed by atoms with Crippen LogP contribution in [0.3, 0.4) is 0 Å². The molecule has 0 amide bonds. The van der Waals surface area contributed by atoms with E-state index in [2.05, 4.69) is 48.0 Å². The van der Waals surface area contributed by atoms with Gasteiger partial charge in [-0.3, -0.25) is 0 Å². The summed E-state index contributed by atoms with van der Waals surface area (Å²) < 4.78 is 0. The van der Waals surface area contributed by atoms with Crippen LogP contribution in [0.2, 0.25) is 0 Å². The zero-order valence-corrected chi connectivity index (χ0v) is 12.1. The van der Waals surface area contributed by atoms with Gasteiger partial charge < -0.3 is 10.8 Å². The van der Waals surface area contributed by atoms with E-state index in [1.165, 1.54) is 11.1 Å². The third-order valence-electron chi connectivity index (χ3n) is 3.83. The highest BCUT2D eigenvalue weighted by molar-refractivity contribution is 7.07. The first-order valence-electron chi connectivity index (χ1n) is 6.59. The van der Waals surface area contributed by atoms with Crippen molar-refractivity contribution in [3.63, 3.8) is 0 Å². The molecule has 0 aliphatic heterocycles. The lowest BCUT2D eigenvalue weighted by Crippen LogP contribution is -2.39. The molecule has 2 aromatic rings. The average Bonchev–Trinajstić information content (AvgIpc) is 2.95. The van der Waals surface area contributed by atoms with Gasteiger partial charge in [0.1, 0.15) is 0 Å². The molecule has 1 atom stereocenters. The summed E-state index contributed by atoms with van der Waals surface area (Å²) in [6.07, 6.45) is 1.83. The first-order valence-corrected chi connectivity index (χ1v) is 7.53. The first kappa shape index (κ1) is 14.3. The van der Waals surface area contributed by atoms with Crippen molar-refractivity contribution in [2.24, 2.45) is 5.73 Å². The maximum absolute atomic E-state index is 9.85. The van der Waals surface area contributed by atoms with Crippen molar-refractivity contribution in [1.29, 1.82) is 0 Å². The van der Waals surface area contributed by atoms with E-state index >= 15 is 0 Å². The molecule has 19 heavy (non-hydrogen) atoms. The summed E-state index contributed by atoms with van der Waals surface area (Å²) in [6, 6.07) is 10.5. The van der Waals surface area contributed by atoms with Gasteiger partial charge in [-0.2, -0.15) is 11.3 Å². The highest BCUT2D eigenvalue weighted by Crippen LogP contribution is 2.29. The summed E-state index contributed by atoms with van der Waals surface area (Å²) in [6.45, 7) is 2.63. The van der Waals surface area contributed by atoms with E-state index < -0.39 is 0 Å². The van der Waals surface area contributed by atoms with Crippen LogP contribution in [0.25, 0.3) is 0 Å². The molecule has 0 radical (unpaired) electrons. The van der Waals surface area contributed by atoms with Crippen molar-refractivity contribution < 1.29 is 5.11 Å². The minimum Gasteiger partial charge on any atom is -0.395 e. The topological polar surface area (TPSA) is 46.2 Å².